The minimum atomic E-state index is -0.917. The van der Waals surface area contributed by atoms with Crippen molar-refractivity contribution in [2.75, 3.05) is 5.32 Å². The van der Waals surface area contributed by atoms with Crippen LogP contribution in [0.5, 0.6) is 0 Å². The standard InChI is InChI=1S/C18H23N3O2S/c1-12-6-5-7-13(8-12)9-16(22)19-17-14-10-24(23)11-15(14)20-21(17)18(2,3)4/h5-8H,9-11H2,1-4H3,(H,19,22)/t24-/m0/s1. The van der Waals surface area contributed by atoms with Gasteiger partial charge >= 0.3 is 0 Å². The van der Waals surface area contributed by atoms with Crippen LogP contribution in [0.25, 0.3) is 0 Å². The molecule has 1 aromatic carbocycles. The maximum absolute atomic E-state index is 12.5. The lowest BCUT2D eigenvalue weighted by Crippen LogP contribution is -2.28. The van der Waals surface area contributed by atoms with E-state index in [0.29, 0.717) is 23.7 Å². The molecule has 0 spiro atoms. The van der Waals surface area contributed by atoms with Crippen LogP contribution in [0.4, 0.5) is 5.82 Å². The van der Waals surface area contributed by atoms with E-state index in [2.05, 4.69) is 10.4 Å². The number of hydrogen-bond donors (Lipinski definition) is 1. The van der Waals surface area contributed by atoms with E-state index < -0.39 is 10.8 Å². The molecule has 1 aliphatic heterocycles. The summed E-state index contributed by atoms with van der Waals surface area (Å²) in [4.78, 5) is 12.5. The molecule has 6 heteroatoms. The fourth-order valence-electron chi connectivity index (χ4n) is 2.93. The summed E-state index contributed by atoms with van der Waals surface area (Å²) >= 11 is 0. The van der Waals surface area contributed by atoms with Crippen LogP contribution >= 0.6 is 0 Å². The van der Waals surface area contributed by atoms with E-state index in [-0.39, 0.29) is 11.4 Å². The first-order valence-electron chi connectivity index (χ1n) is 8.05. The molecule has 2 heterocycles. The molecular formula is C18H23N3O2S. The quantitative estimate of drug-likeness (QED) is 0.930. The van der Waals surface area contributed by atoms with Gasteiger partial charge in [-0.3, -0.25) is 9.00 Å². The minimum absolute atomic E-state index is 0.0773. The van der Waals surface area contributed by atoms with Crippen LogP contribution in [0, 0.1) is 6.92 Å². The van der Waals surface area contributed by atoms with Gasteiger partial charge in [-0.05, 0) is 33.3 Å². The number of aryl methyl sites for hydroxylation is 1. The number of hydrogen-bond acceptors (Lipinski definition) is 3. The van der Waals surface area contributed by atoms with Gasteiger partial charge in [-0.2, -0.15) is 5.10 Å². The number of carbonyl (C=O) groups is 1. The molecule has 0 bridgehead atoms. The molecule has 0 unspecified atom stereocenters. The van der Waals surface area contributed by atoms with Crippen LogP contribution in [0.15, 0.2) is 24.3 Å². The zero-order chi connectivity index (χ0) is 17.5. The summed E-state index contributed by atoms with van der Waals surface area (Å²) in [5, 5.41) is 7.61. The Labute approximate surface area is 144 Å². The van der Waals surface area contributed by atoms with Gasteiger partial charge in [0.2, 0.25) is 5.91 Å². The van der Waals surface area contributed by atoms with E-state index in [9.17, 15) is 9.00 Å². The molecule has 1 atom stereocenters. The lowest BCUT2D eigenvalue weighted by atomic mass is 10.1. The number of rotatable bonds is 3. The summed E-state index contributed by atoms with van der Waals surface area (Å²) in [6.07, 6.45) is 0.314. The summed E-state index contributed by atoms with van der Waals surface area (Å²) < 4.78 is 13.7. The van der Waals surface area contributed by atoms with E-state index in [1.807, 2.05) is 56.6 Å². The zero-order valence-corrected chi connectivity index (χ0v) is 15.4. The van der Waals surface area contributed by atoms with Gasteiger partial charge in [0.25, 0.3) is 0 Å². The highest BCUT2D eigenvalue weighted by Crippen LogP contribution is 2.32. The molecule has 0 fully saturated rings. The van der Waals surface area contributed by atoms with Crippen LogP contribution in [-0.2, 0) is 39.1 Å². The molecule has 5 nitrogen and oxygen atoms in total. The first-order valence-corrected chi connectivity index (χ1v) is 9.54. The number of amides is 1. The molecule has 1 N–H and O–H groups in total. The van der Waals surface area contributed by atoms with Gasteiger partial charge < -0.3 is 5.32 Å². The molecule has 1 aliphatic rings. The molecule has 128 valence electrons. The van der Waals surface area contributed by atoms with Crippen LogP contribution in [0.2, 0.25) is 0 Å². The van der Waals surface area contributed by atoms with E-state index in [1.54, 1.807) is 0 Å². The van der Waals surface area contributed by atoms with Crippen molar-refractivity contribution >= 4 is 22.5 Å². The number of fused-ring (bicyclic) bond motifs is 1. The highest BCUT2D eigenvalue weighted by atomic mass is 32.2. The van der Waals surface area contributed by atoms with Gasteiger partial charge in [-0.15, -0.1) is 0 Å². The average Bonchev–Trinajstić information content (AvgIpc) is 2.96. The number of nitrogens with zero attached hydrogens (tertiary/aromatic N) is 2. The third-order valence-corrected chi connectivity index (χ3v) is 5.22. The lowest BCUT2D eigenvalue weighted by molar-refractivity contribution is -0.115. The second kappa shape index (κ2) is 6.16. The third kappa shape index (κ3) is 3.43. The SMILES string of the molecule is Cc1cccc(CC(=O)Nc2c3c(nn2C(C)(C)C)C[S@@](=O)C3)c1. The fourth-order valence-corrected chi connectivity index (χ4v) is 4.19. The van der Waals surface area contributed by atoms with Crippen LogP contribution in [-0.4, -0.2) is 19.9 Å². The topological polar surface area (TPSA) is 64.0 Å². The number of nitrogens with one attached hydrogen (secondary N) is 1. The Hall–Kier alpha value is -1.95. The van der Waals surface area contributed by atoms with E-state index >= 15 is 0 Å². The molecule has 1 amide bonds. The Morgan fingerprint density at radius 2 is 2.08 bits per heavy atom. The van der Waals surface area contributed by atoms with Crippen molar-refractivity contribution in [3.8, 4) is 0 Å². The largest absolute Gasteiger partial charge is 0.310 e. The predicted molar refractivity (Wildman–Crippen MR) is 96.3 cm³/mol. The van der Waals surface area contributed by atoms with Crippen LogP contribution in [0.3, 0.4) is 0 Å². The Morgan fingerprint density at radius 3 is 2.75 bits per heavy atom. The Balaban J connectivity index is 1.86. The van der Waals surface area contributed by atoms with Gasteiger partial charge in [0.05, 0.1) is 29.2 Å². The number of carbonyl (C=O) groups excluding carboxylic acids is 1. The van der Waals surface area contributed by atoms with E-state index in [4.69, 9.17) is 0 Å². The van der Waals surface area contributed by atoms with Gasteiger partial charge in [0.15, 0.2) is 0 Å². The molecular weight excluding hydrogens is 322 g/mol. The monoisotopic (exact) mass is 345 g/mol. The van der Waals surface area contributed by atoms with Gasteiger partial charge in [-0.1, -0.05) is 29.8 Å². The molecule has 0 aliphatic carbocycles. The Kier molecular flexibility index (Phi) is 4.34. The fraction of sp³-hybridized carbons (Fsp3) is 0.444. The first kappa shape index (κ1) is 16.9. The van der Waals surface area contributed by atoms with Crippen molar-refractivity contribution < 1.29 is 9.00 Å². The van der Waals surface area contributed by atoms with Crippen molar-refractivity contribution in [1.29, 1.82) is 0 Å². The third-order valence-electron chi connectivity index (χ3n) is 4.01. The van der Waals surface area contributed by atoms with Crippen molar-refractivity contribution in [1.82, 2.24) is 9.78 Å². The zero-order valence-electron chi connectivity index (χ0n) is 14.5. The smallest absolute Gasteiger partial charge is 0.229 e. The second-order valence-corrected chi connectivity index (χ2v) is 8.76. The second-order valence-electron chi connectivity index (χ2n) is 7.30. The molecule has 0 radical (unpaired) electrons. The summed E-state index contributed by atoms with van der Waals surface area (Å²) in [6.45, 7) is 8.14. The van der Waals surface area contributed by atoms with E-state index in [1.165, 1.54) is 0 Å². The summed E-state index contributed by atoms with van der Waals surface area (Å²) in [6, 6.07) is 7.93. The maximum Gasteiger partial charge on any atom is 0.229 e. The Morgan fingerprint density at radius 1 is 1.33 bits per heavy atom. The lowest BCUT2D eigenvalue weighted by Gasteiger charge is -2.23. The highest BCUT2D eigenvalue weighted by Gasteiger charge is 2.31. The molecule has 24 heavy (non-hydrogen) atoms. The first-order chi connectivity index (χ1) is 11.2. The average molecular weight is 345 g/mol. The normalized spacial score (nSPS) is 16.9. The minimum Gasteiger partial charge on any atom is -0.310 e. The van der Waals surface area contributed by atoms with Crippen molar-refractivity contribution in [3.05, 3.63) is 46.6 Å². The van der Waals surface area contributed by atoms with Gasteiger partial charge in [0, 0.05) is 16.4 Å². The maximum atomic E-state index is 12.5. The molecule has 3 rings (SSSR count). The molecule has 1 aromatic heterocycles. The van der Waals surface area contributed by atoms with Crippen molar-refractivity contribution in [2.45, 2.75) is 51.2 Å². The van der Waals surface area contributed by atoms with Crippen molar-refractivity contribution in [3.63, 3.8) is 0 Å². The highest BCUT2D eigenvalue weighted by molar-refractivity contribution is 7.83. The number of anilines is 1. The summed E-state index contributed by atoms with van der Waals surface area (Å²) in [5.41, 5.74) is 3.62. The van der Waals surface area contributed by atoms with Crippen LogP contribution < -0.4 is 5.32 Å². The molecule has 0 saturated carbocycles. The van der Waals surface area contributed by atoms with Crippen LogP contribution in [0.1, 0.15) is 43.2 Å². The predicted octanol–water partition coefficient (Wildman–Crippen LogP) is 2.89. The molecule has 0 saturated heterocycles. The molecule has 2 aromatic rings. The number of aromatic nitrogens is 2. The Bertz CT molecular complexity index is 818. The van der Waals surface area contributed by atoms with E-state index in [0.717, 1.165) is 22.4 Å². The summed E-state index contributed by atoms with van der Waals surface area (Å²) in [7, 11) is -0.917. The summed E-state index contributed by atoms with van der Waals surface area (Å²) in [5.74, 6) is 1.55. The van der Waals surface area contributed by atoms with Gasteiger partial charge in [-0.25, -0.2) is 4.68 Å². The van der Waals surface area contributed by atoms with Crippen molar-refractivity contribution in [2.24, 2.45) is 0 Å². The number of benzene rings is 1. The van der Waals surface area contributed by atoms with Gasteiger partial charge in [0.1, 0.15) is 5.82 Å².